The molecule has 0 atom stereocenters. The number of hydrogen-bond donors (Lipinski definition) is 0. The van der Waals surface area contributed by atoms with Crippen LogP contribution in [0.5, 0.6) is 0 Å². The van der Waals surface area contributed by atoms with Crippen molar-refractivity contribution in [2.45, 2.75) is 33.1 Å². The Balaban J connectivity index is 3.34. The van der Waals surface area contributed by atoms with Crippen LogP contribution in [0.15, 0.2) is 0 Å². The molecule has 68 valence electrons. The molecular formula is C9H20ClN. The van der Waals surface area contributed by atoms with E-state index in [0.29, 0.717) is 0 Å². The lowest BCUT2D eigenvalue weighted by Gasteiger charge is -2.19. The first-order chi connectivity index (χ1) is 5.35. The molecule has 0 heterocycles. The predicted octanol–water partition coefficient (Wildman–Crippen LogP) is 2.74. The Labute approximate surface area is 75.7 Å². The lowest BCUT2D eigenvalue weighted by atomic mass is 10.3. The average molecular weight is 178 g/mol. The molecule has 0 unspecified atom stereocenters. The van der Waals surface area contributed by atoms with E-state index in [0.717, 1.165) is 12.4 Å². The highest BCUT2D eigenvalue weighted by molar-refractivity contribution is 6.18. The van der Waals surface area contributed by atoms with Gasteiger partial charge in [-0.15, -0.1) is 11.6 Å². The van der Waals surface area contributed by atoms with E-state index in [4.69, 9.17) is 11.6 Å². The van der Waals surface area contributed by atoms with Gasteiger partial charge in [0.05, 0.1) is 0 Å². The van der Waals surface area contributed by atoms with Gasteiger partial charge in [-0.05, 0) is 25.9 Å². The van der Waals surface area contributed by atoms with Crippen LogP contribution in [0.2, 0.25) is 0 Å². The quantitative estimate of drug-likeness (QED) is 0.541. The largest absolute Gasteiger partial charge is 0.302 e. The van der Waals surface area contributed by atoms with Gasteiger partial charge in [-0.3, -0.25) is 0 Å². The van der Waals surface area contributed by atoms with E-state index >= 15 is 0 Å². The fourth-order valence-corrected chi connectivity index (χ4v) is 1.39. The van der Waals surface area contributed by atoms with E-state index in [2.05, 4.69) is 18.7 Å². The molecule has 0 N–H and O–H groups in total. The third-order valence-corrected chi connectivity index (χ3v) is 1.94. The second-order valence-electron chi connectivity index (χ2n) is 2.88. The zero-order chi connectivity index (χ0) is 8.53. The van der Waals surface area contributed by atoms with Gasteiger partial charge < -0.3 is 4.90 Å². The molecule has 0 saturated carbocycles. The number of halogens is 1. The maximum absolute atomic E-state index is 5.67. The minimum Gasteiger partial charge on any atom is -0.302 e. The second kappa shape index (κ2) is 8.35. The Morgan fingerprint density at radius 3 is 2.18 bits per heavy atom. The molecule has 0 aromatic carbocycles. The summed E-state index contributed by atoms with van der Waals surface area (Å²) in [6, 6.07) is 0. The summed E-state index contributed by atoms with van der Waals surface area (Å²) in [6.07, 6.45) is 3.82. The van der Waals surface area contributed by atoms with Crippen LogP contribution in [0.4, 0.5) is 0 Å². The summed E-state index contributed by atoms with van der Waals surface area (Å²) in [5, 5.41) is 0. The van der Waals surface area contributed by atoms with Crippen molar-refractivity contribution in [2.75, 3.05) is 25.5 Å². The van der Waals surface area contributed by atoms with Crippen molar-refractivity contribution >= 4 is 11.6 Å². The predicted molar refractivity (Wildman–Crippen MR) is 52.4 cm³/mol. The molecule has 0 fully saturated rings. The molecule has 0 aromatic rings. The van der Waals surface area contributed by atoms with Crippen LogP contribution < -0.4 is 0 Å². The van der Waals surface area contributed by atoms with Crippen molar-refractivity contribution in [3.05, 3.63) is 0 Å². The summed E-state index contributed by atoms with van der Waals surface area (Å²) in [5.41, 5.74) is 0. The zero-order valence-corrected chi connectivity index (χ0v) is 8.53. The normalized spacial score (nSPS) is 10.9. The molecule has 0 aromatic heterocycles. The van der Waals surface area contributed by atoms with Crippen LogP contribution in [0.25, 0.3) is 0 Å². The number of hydrogen-bond acceptors (Lipinski definition) is 1. The van der Waals surface area contributed by atoms with Crippen LogP contribution in [0.3, 0.4) is 0 Å². The van der Waals surface area contributed by atoms with Crippen LogP contribution in [-0.4, -0.2) is 30.4 Å². The minimum atomic E-state index is 0.768. The first-order valence-corrected chi connectivity index (χ1v) is 5.16. The standard InChI is InChI=1S/C9H20ClN/c1-3-5-8-11(7-4-2)9-6-10/h3-9H2,1-2H3. The van der Waals surface area contributed by atoms with Crippen LogP contribution in [-0.2, 0) is 0 Å². The highest BCUT2D eigenvalue weighted by atomic mass is 35.5. The molecule has 2 heteroatoms. The molecule has 1 nitrogen and oxygen atoms in total. The van der Waals surface area contributed by atoms with Crippen molar-refractivity contribution in [3.8, 4) is 0 Å². The van der Waals surface area contributed by atoms with Crippen LogP contribution in [0.1, 0.15) is 33.1 Å². The van der Waals surface area contributed by atoms with Crippen molar-refractivity contribution in [1.82, 2.24) is 4.90 Å². The maximum Gasteiger partial charge on any atom is 0.0351 e. The van der Waals surface area contributed by atoms with E-state index < -0.39 is 0 Å². The summed E-state index contributed by atoms with van der Waals surface area (Å²) in [7, 11) is 0. The summed E-state index contributed by atoms with van der Waals surface area (Å²) in [4.78, 5) is 2.44. The van der Waals surface area contributed by atoms with Gasteiger partial charge in [0, 0.05) is 12.4 Å². The van der Waals surface area contributed by atoms with Gasteiger partial charge in [-0.25, -0.2) is 0 Å². The number of rotatable bonds is 7. The van der Waals surface area contributed by atoms with E-state index in [9.17, 15) is 0 Å². The molecule has 0 aliphatic rings. The highest BCUT2D eigenvalue weighted by Gasteiger charge is 2.00. The fourth-order valence-electron chi connectivity index (χ4n) is 1.15. The Morgan fingerprint density at radius 2 is 1.73 bits per heavy atom. The highest BCUT2D eigenvalue weighted by Crippen LogP contribution is 1.96. The van der Waals surface area contributed by atoms with Crippen LogP contribution in [0, 0.1) is 0 Å². The molecule has 0 aliphatic carbocycles. The minimum absolute atomic E-state index is 0.768. The molecular weight excluding hydrogens is 158 g/mol. The van der Waals surface area contributed by atoms with E-state index in [1.165, 1.54) is 32.4 Å². The molecule has 0 radical (unpaired) electrons. The topological polar surface area (TPSA) is 3.24 Å². The molecule has 0 rings (SSSR count). The molecule has 11 heavy (non-hydrogen) atoms. The Morgan fingerprint density at radius 1 is 1.00 bits per heavy atom. The van der Waals surface area contributed by atoms with Crippen molar-refractivity contribution in [2.24, 2.45) is 0 Å². The lowest BCUT2D eigenvalue weighted by Crippen LogP contribution is -2.27. The molecule has 0 bridgehead atoms. The van der Waals surface area contributed by atoms with Gasteiger partial charge >= 0.3 is 0 Å². The molecule has 0 aliphatic heterocycles. The zero-order valence-electron chi connectivity index (χ0n) is 7.77. The SMILES string of the molecule is CCCCN(CCC)CCCl. The summed E-state index contributed by atoms with van der Waals surface area (Å²) < 4.78 is 0. The van der Waals surface area contributed by atoms with Gasteiger partial charge in [-0.1, -0.05) is 20.3 Å². The molecule has 0 amide bonds. The Hall–Kier alpha value is 0.250. The van der Waals surface area contributed by atoms with Gasteiger partial charge in [0.1, 0.15) is 0 Å². The number of alkyl halides is 1. The van der Waals surface area contributed by atoms with Crippen molar-refractivity contribution < 1.29 is 0 Å². The Kier molecular flexibility index (Phi) is 8.54. The van der Waals surface area contributed by atoms with Gasteiger partial charge in [0.15, 0.2) is 0 Å². The maximum atomic E-state index is 5.67. The van der Waals surface area contributed by atoms with Gasteiger partial charge in [0.2, 0.25) is 0 Å². The third-order valence-electron chi connectivity index (χ3n) is 1.77. The first kappa shape index (κ1) is 11.2. The van der Waals surface area contributed by atoms with Crippen molar-refractivity contribution in [1.29, 1.82) is 0 Å². The van der Waals surface area contributed by atoms with E-state index in [1.54, 1.807) is 0 Å². The van der Waals surface area contributed by atoms with Crippen LogP contribution >= 0.6 is 11.6 Å². The Bertz CT molecular complexity index is 70.0. The van der Waals surface area contributed by atoms with Crippen molar-refractivity contribution in [3.63, 3.8) is 0 Å². The first-order valence-electron chi connectivity index (χ1n) is 4.63. The smallest absolute Gasteiger partial charge is 0.0351 e. The molecule has 0 spiro atoms. The molecule has 0 saturated heterocycles. The van der Waals surface area contributed by atoms with E-state index in [1.807, 2.05) is 0 Å². The number of unbranched alkanes of at least 4 members (excludes halogenated alkanes) is 1. The lowest BCUT2D eigenvalue weighted by molar-refractivity contribution is 0.286. The van der Waals surface area contributed by atoms with Gasteiger partial charge in [-0.2, -0.15) is 0 Å². The van der Waals surface area contributed by atoms with Gasteiger partial charge in [0.25, 0.3) is 0 Å². The second-order valence-corrected chi connectivity index (χ2v) is 3.26. The van der Waals surface area contributed by atoms with E-state index in [-0.39, 0.29) is 0 Å². The summed E-state index contributed by atoms with van der Waals surface area (Å²) in [5.74, 6) is 0.768. The monoisotopic (exact) mass is 177 g/mol. The summed E-state index contributed by atoms with van der Waals surface area (Å²) in [6.45, 7) is 7.91. The number of nitrogens with zero attached hydrogens (tertiary/aromatic N) is 1. The third kappa shape index (κ3) is 6.64. The summed E-state index contributed by atoms with van der Waals surface area (Å²) >= 11 is 5.67. The average Bonchev–Trinajstić information content (AvgIpc) is 2.01. The fraction of sp³-hybridized carbons (Fsp3) is 1.00.